The van der Waals surface area contributed by atoms with E-state index in [-0.39, 0.29) is 17.3 Å². The van der Waals surface area contributed by atoms with Gasteiger partial charge >= 0.3 is 0 Å². The van der Waals surface area contributed by atoms with E-state index in [2.05, 4.69) is 6.92 Å². The largest absolute Gasteiger partial charge is 0.341 e. The molecule has 0 N–H and O–H groups in total. The van der Waals surface area contributed by atoms with Gasteiger partial charge in [-0.3, -0.25) is 9.10 Å². The molecule has 0 unspecified atom stereocenters. The van der Waals surface area contributed by atoms with Gasteiger partial charge < -0.3 is 4.90 Å². The summed E-state index contributed by atoms with van der Waals surface area (Å²) in [6.07, 6.45) is 2.61. The zero-order valence-corrected chi connectivity index (χ0v) is 17.4. The van der Waals surface area contributed by atoms with Gasteiger partial charge in [-0.25, -0.2) is 8.42 Å². The van der Waals surface area contributed by atoms with Crippen LogP contribution < -0.4 is 4.31 Å². The van der Waals surface area contributed by atoms with Crippen LogP contribution in [0.1, 0.15) is 32.3 Å². The number of carbonyl (C=O) groups is 1. The number of rotatable bonds is 6. The summed E-state index contributed by atoms with van der Waals surface area (Å²) in [6, 6.07) is 15.7. The number of hydrogen-bond donors (Lipinski definition) is 0. The van der Waals surface area contributed by atoms with Crippen LogP contribution in [0.25, 0.3) is 0 Å². The van der Waals surface area contributed by atoms with Gasteiger partial charge in [-0.1, -0.05) is 50.2 Å². The van der Waals surface area contributed by atoms with Crippen molar-refractivity contribution in [1.82, 2.24) is 4.90 Å². The fraction of sp³-hybridized carbons (Fsp3) is 0.409. The van der Waals surface area contributed by atoms with Crippen LogP contribution in [-0.4, -0.2) is 38.9 Å². The molecule has 150 valence electrons. The van der Waals surface area contributed by atoms with Crippen molar-refractivity contribution in [2.24, 2.45) is 5.92 Å². The second kappa shape index (κ2) is 8.78. The molecule has 1 saturated heterocycles. The van der Waals surface area contributed by atoms with Gasteiger partial charge in [0.05, 0.1) is 10.6 Å². The molecule has 28 heavy (non-hydrogen) atoms. The first-order valence-corrected chi connectivity index (χ1v) is 11.3. The first kappa shape index (κ1) is 20.4. The van der Waals surface area contributed by atoms with Crippen molar-refractivity contribution in [3.63, 3.8) is 0 Å². The first-order valence-electron chi connectivity index (χ1n) is 9.87. The van der Waals surface area contributed by atoms with Crippen LogP contribution in [0.5, 0.6) is 0 Å². The van der Waals surface area contributed by atoms with Crippen molar-refractivity contribution in [1.29, 1.82) is 0 Å². The third kappa shape index (κ3) is 4.38. The van der Waals surface area contributed by atoms with Gasteiger partial charge in [-0.15, -0.1) is 0 Å². The van der Waals surface area contributed by atoms with Crippen LogP contribution >= 0.6 is 0 Å². The number of anilines is 1. The van der Waals surface area contributed by atoms with Crippen molar-refractivity contribution >= 4 is 21.6 Å². The Morgan fingerprint density at radius 2 is 1.64 bits per heavy atom. The average molecular weight is 401 g/mol. The van der Waals surface area contributed by atoms with E-state index >= 15 is 0 Å². The molecule has 1 fully saturated rings. The lowest BCUT2D eigenvalue weighted by molar-refractivity contribution is -0.130. The summed E-state index contributed by atoms with van der Waals surface area (Å²) in [5.74, 6) is 0.464. The van der Waals surface area contributed by atoms with E-state index in [0.717, 1.165) is 18.4 Å². The number of para-hydroxylation sites is 1. The Balaban J connectivity index is 1.97. The molecule has 2 aromatic rings. The standard InChI is InChI=1S/C22H28N2O3S/c1-3-19-9-7-8-12-21(19)24(28(26,27)20-10-5-4-6-11-20)17-22(25)23-15-13-18(2)14-16-23/h4-12,18H,3,13-17H2,1-2H3. The quantitative estimate of drug-likeness (QED) is 0.743. The number of carbonyl (C=O) groups excluding carboxylic acids is 1. The van der Waals surface area contributed by atoms with E-state index in [1.807, 2.05) is 25.1 Å². The summed E-state index contributed by atoms with van der Waals surface area (Å²) in [5.41, 5.74) is 1.48. The predicted octanol–water partition coefficient (Wildman–Crippen LogP) is 3.70. The predicted molar refractivity (Wildman–Crippen MR) is 112 cm³/mol. The molecule has 6 heteroatoms. The monoisotopic (exact) mass is 400 g/mol. The molecule has 0 aromatic heterocycles. The minimum Gasteiger partial charge on any atom is -0.341 e. The molecule has 1 aliphatic rings. The van der Waals surface area contributed by atoms with Crippen LogP contribution in [0.2, 0.25) is 0 Å². The van der Waals surface area contributed by atoms with E-state index in [9.17, 15) is 13.2 Å². The fourth-order valence-electron chi connectivity index (χ4n) is 3.55. The lowest BCUT2D eigenvalue weighted by Gasteiger charge is -2.33. The Bertz CT molecular complexity index is 904. The van der Waals surface area contributed by atoms with E-state index in [1.54, 1.807) is 41.3 Å². The summed E-state index contributed by atoms with van der Waals surface area (Å²) < 4.78 is 28.1. The molecule has 5 nitrogen and oxygen atoms in total. The Hall–Kier alpha value is -2.34. The maximum Gasteiger partial charge on any atom is 0.264 e. The molecule has 3 rings (SSSR count). The fourth-order valence-corrected chi connectivity index (χ4v) is 5.03. The number of piperidine rings is 1. The van der Waals surface area contributed by atoms with Gasteiger partial charge in [0.2, 0.25) is 5.91 Å². The second-order valence-corrected chi connectivity index (χ2v) is 9.23. The molecule has 2 aromatic carbocycles. The van der Waals surface area contributed by atoms with Gasteiger partial charge in [0.25, 0.3) is 10.0 Å². The SMILES string of the molecule is CCc1ccccc1N(CC(=O)N1CCC(C)CC1)S(=O)(=O)c1ccccc1. The van der Waals surface area contributed by atoms with E-state index < -0.39 is 10.0 Å². The molecule has 1 heterocycles. The van der Waals surface area contributed by atoms with Gasteiger partial charge in [-0.2, -0.15) is 0 Å². The summed E-state index contributed by atoms with van der Waals surface area (Å²) in [5, 5.41) is 0. The number of nitrogens with zero attached hydrogens (tertiary/aromatic N) is 2. The highest BCUT2D eigenvalue weighted by Crippen LogP contribution is 2.28. The zero-order chi connectivity index (χ0) is 20.1. The number of sulfonamides is 1. The zero-order valence-electron chi connectivity index (χ0n) is 16.5. The molecule has 0 radical (unpaired) electrons. The highest BCUT2D eigenvalue weighted by molar-refractivity contribution is 7.92. The topological polar surface area (TPSA) is 57.7 Å². The second-order valence-electron chi connectivity index (χ2n) is 7.37. The van der Waals surface area contributed by atoms with Gasteiger partial charge in [0.1, 0.15) is 6.54 Å². The number of benzene rings is 2. The molecule has 1 amide bonds. The Morgan fingerprint density at radius 1 is 1.04 bits per heavy atom. The van der Waals surface area contributed by atoms with Crippen LogP contribution in [0.15, 0.2) is 59.5 Å². The third-order valence-corrected chi connectivity index (χ3v) is 7.16. The highest BCUT2D eigenvalue weighted by atomic mass is 32.2. The minimum absolute atomic E-state index is 0.141. The summed E-state index contributed by atoms with van der Waals surface area (Å²) in [4.78, 5) is 15.0. The summed E-state index contributed by atoms with van der Waals surface area (Å²) in [7, 11) is -3.85. The number of amides is 1. The minimum atomic E-state index is -3.85. The van der Waals surface area contributed by atoms with Crippen LogP contribution in [0.4, 0.5) is 5.69 Å². The third-order valence-electron chi connectivity index (χ3n) is 5.39. The van der Waals surface area contributed by atoms with Crippen molar-refractivity contribution in [3.05, 3.63) is 60.2 Å². The Morgan fingerprint density at radius 3 is 2.29 bits per heavy atom. The molecular formula is C22H28N2O3S. The van der Waals surface area contributed by atoms with Crippen molar-refractivity contribution in [2.75, 3.05) is 23.9 Å². The molecular weight excluding hydrogens is 372 g/mol. The highest BCUT2D eigenvalue weighted by Gasteiger charge is 2.30. The normalized spacial score (nSPS) is 15.4. The molecule has 0 spiro atoms. The van der Waals surface area contributed by atoms with Gasteiger partial charge in [-0.05, 0) is 48.9 Å². The first-order chi connectivity index (χ1) is 13.4. The van der Waals surface area contributed by atoms with Crippen LogP contribution in [-0.2, 0) is 21.2 Å². The lowest BCUT2D eigenvalue weighted by atomic mass is 9.99. The maximum atomic E-state index is 13.4. The Labute approximate surface area is 168 Å². The van der Waals surface area contributed by atoms with Crippen LogP contribution in [0.3, 0.4) is 0 Å². The van der Waals surface area contributed by atoms with Crippen molar-refractivity contribution in [3.8, 4) is 0 Å². The molecule has 0 saturated carbocycles. The van der Waals surface area contributed by atoms with E-state index in [4.69, 9.17) is 0 Å². The maximum absolute atomic E-state index is 13.4. The van der Waals surface area contributed by atoms with Gasteiger partial charge in [0, 0.05) is 13.1 Å². The molecule has 0 aliphatic carbocycles. The van der Waals surface area contributed by atoms with Crippen molar-refractivity contribution in [2.45, 2.75) is 38.0 Å². The summed E-state index contributed by atoms with van der Waals surface area (Å²) >= 11 is 0. The number of hydrogen-bond acceptors (Lipinski definition) is 3. The molecule has 1 aliphatic heterocycles. The Kier molecular flexibility index (Phi) is 6.39. The van der Waals surface area contributed by atoms with Crippen LogP contribution in [0, 0.1) is 5.92 Å². The summed E-state index contributed by atoms with van der Waals surface area (Å²) in [6.45, 7) is 5.37. The van der Waals surface area contributed by atoms with Crippen molar-refractivity contribution < 1.29 is 13.2 Å². The smallest absolute Gasteiger partial charge is 0.264 e. The average Bonchev–Trinajstić information content (AvgIpc) is 2.73. The number of aryl methyl sites for hydroxylation is 1. The lowest BCUT2D eigenvalue weighted by Crippen LogP contribution is -2.46. The van der Waals surface area contributed by atoms with E-state index in [0.29, 0.717) is 31.1 Å². The number of likely N-dealkylation sites (tertiary alicyclic amines) is 1. The van der Waals surface area contributed by atoms with E-state index in [1.165, 1.54) is 4.31 Å². The molecule has 0 bridgehead atoms. The molecule has 0 atom stereocenters. The van der Waals surface area contributed by atoms with Gasteiger partial charge in [0.15, 0.2) is 0 Å².